The molecule has 0 radical (unpaired) electrons. The Hall–Kier alpha value is -3.85. The van der Waals surface area contributed by atoms with E-state index in [9.17, 15) is 13.2 Å². The molecule has 0 saturated heterocycles. The van der Waals surface area contributed by atoms with Crippen molar-refractivity contribution in [3.05, 3.63) is 108 Å². The highest BCUT2D eigenvalue weighted by molar-refractivity contribution is 7.90. The van der Waals surface area contributed by atoms with Gasteiger partial charge in [-0.25, -0.2) is 18.2 Å². The fraction of sp³-hybridized carbons (Fsp3) is 0.259. The van der Waals surface area contributed by atoms with Crippen LogP contribution < -0.4 is 5.32 Å². The molecule has 4 rings (SSSR count). The first-order valence-electron chi connectivity index (χ1n) is 11.7. The number of rotatable bonds is 10. The molecule has 36 heavy (non-hydrogen) atoms. The topological polar surface area (TPSA) is 97.4 Å². The lowest BCUT2D eigenvalue weighted by Gasteiger charge is -2.24. The summed E-state index contributed by atoms with van der Waals surface area (Å²) in [5.41, 5.74) is 2.22. The number of aromatic nitrogens is 2. The van der Waals surface area contributed by atoms with Crippen LogP contribution in [0.1, 0.15) is 36.4 Å². The number of benzene rings is 2. The molecule has 0 saturated carbocycles. The maximum atomic E-state index is 13.5. The Morgan fingerprint density at radius 3 is 2.25 bits per heavy atom. The number of amides is 2. The molecular formula is C27H30N4O4S. The second-order valence-electron chi connectivity index (χ2n) is 8.89. The van der Waals surface area contributed by atoms with Gasteiger partial charge < -0.3 is 19.2 Å². The Bertz CT molecular complexity index is 1370. The van der Waals surface area contributed by atoms with Gasteiger partial charge >= 0.3 is 6.03 Å². The maximum absolute atomic E-state index is 13.5. The SMILES string of the molecule is CC(C)NC(=O)N(Cc1ccco1)Cc1cnc(S(=O)(=O)Cc2ccccc2)n1Cc1ccccc1. The number of furan rings is 1. The summed E-state index contributed by atoms with van der Waals surface area (Å²) in [6, 6.07) is 21.9. The van der Waals surface area contributed by atoms with Gasteiger partial charge in [0.2, 0.25) is 15.0 Å². The van der Waals surface area contributed by atoms with Crippen molar-refractivity contribution in [1.29, 1.82) is 0 Å². The molecule has 0 aliphatic rings. The highest BCUT2D eigenvalue weighted by Gasteiger charge is 2.26. The van der Waals surface area contributed by atoms with Gasteiger partial charge in [0.25, 0.3) is 0 Å². The fourth-order valence-corrected chi connectivity index (χ4v) is 5.37. The molecule has 188 valence electrons. The minimum absolute atomic E-state index is 0.0209. The number of sulfone groups is 1. The third-order valence-corrected chi connectivity index (χ3v) is 7.14. The molecule has 0 spiro atoms. The van der Waals surface area contributed by atoms with Crippen molar-refractivity contribution in [2.24, 2.45) is 0 Å². The first-order chi connectivity index (χ1) is 17.3. The molecule has 9 heteroatoms. The first kappa shape index (κ1) is 25.2. The molecule has 0 unspecified atom stereocenters. The van der Waals surface area contributed by atoms with Crippen molar-refractivity contribution in [2.75, 3.05) is 0 Å². The molecule has 0 bridgehead atoms. The van der Waals surface area contributed by atoms with Crippen molar-refractivity contribution in [3.8, 4) is 0 Å². The summed E-state index contributed by atoms with van der Waals surface area (Å²) < 4.78 is 34.1. The number of nitrogens with one attached hydrogen (secondary N) is 1. The zero-order valence-corrected chi connectivity index (χ0v) is 21.2. The molecule has 0 aliphatic heterocycles. The largest absolute Gasteiger partial charge is 0.467 e. The molecule has 0 fully saturated rings. The molecule has 0 aliphatic carbocycles. The van der Waals surface area contributed by atoms with E-state index in [-0.39, 0.29) is 36.1 Å². The molecule has 2 aromatic heterocycles. The van der Waals surface area contributed by atoms with Gasteiger partial charge in [-0.05, 0) is 37.1 Å². The summed E-state index contributed by atoms with van der Waals surface area (Å²) >= 11 is 0. The number of urea groups is 1. The summed E-state index contributed by atoms with van der Waals surface area (Å²) in [6.45, 7) is 4.46. The van der Waals surface area contributed by atoms with Gasteiger partial charge in [-0.1, -0.05) is 60.7 Å². The van der Waals surface area contributed by atoms with Gasteiger partial charge in [-0.3, -0.25) is 0 Å². The van der Waals surface area contributed by atoms with Crippen LogP contribution in [-0.4, -0.2) is 34.9 Å². The van der Waals surface area contributed by atoms with E-state index in [0.717, 1.165) is 5.56 Å². The number of nitrogens with zero attached hydrogens (tertiary/aromatic N) is 3. The van der Waals surface area contributed by atoms with Crippen LogP contribution in [0, 0.1) is 0 Å². The standard InChI is InChI=1S/C27H30N4O4S/c1-21(2)29-26(32)30(19-25-14-9-15-35-25)18-24-16-28-27(31(24)17-22-10-5-3-6-11-22)36(33,34)20-23-12-7-4-8-13-23/h3-16,21H,17-20H2,1-2H3,(H,29,32). The minimum atomic E-state index is -3.75. The van der Waals surface area contributed by atoms with Gasteiger partial charge in [0.05, 0.1) is 43.5 Å². The normalized spacial score (nSPS) is 11.5. The molecule has 4 aromatic rings. The Labute approximate surface area is 211 Å². The molecule has 8 nitrogen and oxygen atoms in total. The molecule has 1 N–H and O–H groups in total. The summed E-state index contributed by atoms with van der Waals surface area (Å²) in [6.07, 6.45) is 3.10. The van der Waals surface area contributed by atoms with Crippen LogP contribution in [-0.2, 0) is 35.2 Å². The summed E-state index contributed by atoms with van der Waals surface area (Å²) in [5.74, 6) is 0.461. The minimum Gasteiger partial charge on any atom is -0.467 e. The van der Waals surface area contributed by atoms with E-state index in [1.54, 1.807) is 46.2 Å². The Kier molecular flexibility index (Phi) is 7.90. The van der Waals surface area contributed by atoms with Crippen LogP contribution in [0.4, 0.5) is 4.79 Å². The van der Waals surface area contributed by atoms with Crippen LogP contribution in [0.5, 0.6) is 0 Å². The van der Waals surface area contributed by atoms with Crippen molar-refractivity contribution < 1.29 is 17.6 Å². The summed E-state index contributed by atoms with van der Waals surface area (Å²) in [5, 5.41) is 2.89. The van der Waals surface area contributed by atoms with Crippen LogP contribution in [0.15, 0.2) is 94.8 Å². The van der Waals surface area contributed by atoms with E-state index in [4.69, 9.17) is 4.42 Å². The van der Waals surface area contributed by atoms with Gasteiger partial charge in [-0.15, -0.1) is 0 Å². The fourth-order valence-electron chi connectivity index (χ4n) is 3.88. The smallest absolute Gasteiger partial charge is 0.318 e. The highest BCUT2D eigenvalue weighted by atomic mass is 32.2. The zero-order valence-electron chi connectivity index (χ0n) is 20.4. The zero-order chi connectivity index (χ0) is 25.5. The summed E-state index contributed by atoms with van der Waals surface area (Å²) in [4.78, 5) is 19.0. The Morgan fingerprint density at radius 2 is 1.64 bits per heavy atom. The van der Waals surface area contributed by atoms with Crippen molar-refractivity contribution in [2.45, 2.75) is 50.4 Å². The average molecular weight is 507 g/mol. The number of carbonyl (C=O) groups is 1. The van der Waals surface area contributed by atoms with Gasteiger partial charge in [0, 0.05) is 6.04 Å². The predicted octanol–water partition coefficient (Wildman–Crippen LogP) is 4.62. The number of imidazole rings is 1. The molecule has 2 amide bonds. The predicted molar refractivity (Wildman–Crippen MR) is 137 cm³/mol. The Balaban J connectivity index is 1.70. The van der Waals surface area contributed by atoms with Gasteiger partial charge in [0.15, 0.2) is 0 Å². The van der Waals surface area contributed by atoms with Crippen LogP contribution in [0.25, 0.3) is 0 Å². The lowest BCUT2D eigenvalue weighted by Crippen LogP contribution is -2.42. The second-order valence-corrected chi connectivity index (χ2v) is 10.8. The van der Waals surface area contributed by atoms with E-state index < -0.39 is 9.84 Å². The molecule has 0 atom stereocenters. The summed E-state index contributed by atoms with van der Waals surface area (Å²) in [7, 11) is -3.75. The average Bonchev–Trinajstić information content (AvgIpc) is 3.50. The third kappa shape index (κ3) is 6.42. The van der Waals surface area contributed by atoms with Crippen LogP contribution in [0.2, 0.25) is 0 Å². The van der Waals surface area contributed by atoms with Crippen LogP contribution in [0.3, 0.4) is 0 Å². The third-order valence-electron chi connectivity index (χ3n) is 5.54. The second kappa shape index (κ2) is 11.3. The first-order valence-corrected chi connectivity index (χ1v) is 13.4. The van der Waals surface area contributed by atoms with Crippen LogP contribution >= 0.6 is 0 Å². The van der Waals surface area contributed by atoms with E-state index in [2.05, 4.69) is 10.3 Å². The highest BCUT2D eigenvalue weighted by Crippen LogP contribution is 2.21. The number of hydrogen-bond acceptors (Lipinski definition) is 5. The number of hydrogen-bond donors (Lipinski definition) is 1. The van der Waals surface area contributed by atoms with E-state index in [1.807, 2.05) is 62.4 Å². The lowest BCUT2D eigenvalue weighted by molar-refractivity contribution is 0.183. The van der Waals surface area contributed by atoms with Gasteiger partial charge in [-0.2, -0.15) is 0 Å². The Morgan fingerprint density at radius 1 is 0.972 bits per heavy atom. The van der Waals surface area contributed by atoms with E-state index >= 15 is 0 Å². The lowest BCUT2D eigenvalue weighted by atomic mass is 10.2. The quantitative estimate of drug-likeness (QED) is 0.339. The van der Waals surface area contributed by atoms with Crippen molar-refractivity contribution in [1.82, 2.24) is 19.8 Å². The van der Waals surface area contributed by atoms with Crippen molar-refractivity contribution in [3.63, 3.8) is 0 Å². The van der Waals surface area contributed by atoms with Gasteiger partial charge in [0.1, 0.15) is 5.76 Å². The van der Waals surface area contributed by atoms with E-state index in [0.29, 0.717) is 23.6 Å². The van der Waals surface area contributed by atoms with E-state index in [1.165, 1.54) is 0 Å². The maximum Gasteiger partial charge on any atom is 0.318 e. The molecule has 2 aromatic carbocycles. The monoisotopic (exact) mass is 506 g/mol. The number of carbonyl (C=O) groups excluding carboxylic acids is 1. The molecule has 2 heterocycles. The molecular weight excluding hydrogens is 476 g/mol. The van der Waals surface area contributed by atoms with Crippen molar-refractivity contribution >= 4 is 15.9 Å².